The first-order valence-corrected chi connectivity index (χ1v) is 9.29. The molecule has 0 fully saturated rings. The molecule has 0 aliphatic heterocycles. The second-order valence-electron chi connectivity index (χ2n) is 7.11. The van der Waals surface area contributed by atoms with Gasteiger partial charge in [-0.2, -0.15) is 5.10 Å². The number of nitrogens with one attached hydrogen (secondary N) is 1. The van der Waals surface area contributed by atoms with Crippen molar-refractivity contribution in [2.75, 3.05) is 6.61 Å². The standard InChI is InChI=1S/C20H27N3O4/c1-5-8-14(4)21-17(24)12-27-20(26)18-15-9-6-7-10-16(15)19(25)23(22-18)11-13(2)3/h6-7,9-10,13-14H,5,8,11-12H2,1-4H3,(H,21,24)/t14-/m1/s1. The van der Waals surface area contributed by atoms with E-state index in [1.54, 1.807) is 24.3 Å². The predicted molar refractivity (Wildman–Crippen MR) is 104 cm³/mol. The maximum Gasteiger partial charge on any atom is 0.359 e. The molecule has 1 atom stereocenters. The van der Waals surface area contributed by atoms with Crippen LogP contribution in [0.2, 0.25) is 0 Å². The van der Waals surface area contributed by atoms with Crippen molar-refractivity contribution in [2.45, 2.75) is 53.1 Å². The van der Waals surface area contributed by atoms with Crippen LogP contribution in [0, 0.1) is 5.92 Å². The number of carbonyl (C=O) groups is 2. The summed E-state index contributed by atoms with van der Waals surface area (Å²) in [6.45, 7) is 7.86. The molecule has 1 N–H and O–H groups in total. The molecule has 1 aromatic carbocycles. The van der Waals surface area contributed by atoms with Crippen molar-refractivity contribution in [3.8, 4) is 0 Å². The molecule has 1 amide bonds. The van der Waals surface area contributed by atoms with Crippen LogP contribution in [0.5, 0.6) is 0 Å². The van der Waals surface area contributed by atoms with E-state index in [0.717, 1.165) is 12.8 Å². The van der Waals surface area contributed by atoms with E-state index in [9.17, 15) is 14.4 Å². The normalized spacial score (nSPS) is 12.2. The summed E-state index contributed by atoms with van der Waals surface area (Å²) in [5, 5.41) is 7.81. The molecule has 7 heteroatoms. The third-order valence-corrected chi connectivity index (χ3v) is 4.06. The van der Waals surface area contributed by atoms with E-state index in [2.05, 4.69) is 10.4 Å². The smallest absolute Gasteiger partial charge is 0.359 e. The number of fused-ring (bicyclic) bond motifs is 1. The second kappa shape index (κ2) is 9.30. The molecule has 0 aliphatic carbocycles. The van der Waals surface area contributed by atoms with Crippen LogP contribution in [0.1, 0.15) is 51.0 Å². The second-order valence-corrected chi connectivity index (χ2v) is 7.11. The molecule has 0 aliphatic rings. The quantitative estimate of drug-likeness (QED) is 0.718. The lowest BCUT2D eigenvalue weighted by Gasteiger charge is -2.14. The Morgan fingerprint density at radius 2 is 1.85 bits per heavy atom. The number of hydrogen-bond donors (Lipinski definition) is 1. The molecule has 1 heterocycles. The zero-order valence-electron chi connectivity index (χ0n) is 16.3. The van der Waals surface area contributed by atoms with E-state index in [1.807, 2.05) is 27.7 Å². The molecule has 2 aromatic rings. The lowest BCUT2D eigenvalue weighted by atomic mass is 10.1. The first kappa shape index (κ1) is 20.6. The van der Waals surface area contributed by atoms with E-state index >= 15 is 0 Å². The van der Waals surface area contributed by atoms with Gasteiger partial charge in [-0.05, 0) is 25.3 Å². The zero-order valence-corrected chi connectivity index (χ0v) is 16.3. The third-order valence-electron chi connectivity index (χ3n) is 4.06. The summed E-state index contributed by atoms with van der Waals surface area (Å²) in [6.07, 6.45) is 1.81. The van der Waals surface area contributed by atoms with Crippen molar-refractivity contribution in [1.29, 1.82) is 0 Å². The zero-order chi connectivity index (χ0) is 20.0. The fraction of sp³-hybridized carbons (Fsp3) is 0.500. The number of esters is 1. The van der Waals surface area contributed by atoms with Crippen molar-refractivity contribution in [3.05, 3.63) is 40.3 Å². The molecule has 2 rings (SSSR count). The number of hydrogen-bond acceptors (Lipinski definition) is 5. The minimum atomic E-state index is -0.720. The van der Waals surface area contributed by atoms with Gasteiger partial charge < -0.3 is 10.1 Å². The molecule has 0 saturated carbocycles. The van der Waals surface area contributed by atoms with Gasteiger partial charge in [0.1, 0.15) is 0 Å². The van der Waals surface area contributed by atoms with E-state index < -0.39 is 5.97 Å². The number of amides is 1. The van der Waals surface area contributed by atoms with E-state index in [4.69, 9.17) is 4.74 Å². The first-order chi connectivity index (χ1) is 12.8. The SMILES string of the molecule is CCC[C@@H](C)NC(=O)COC(=O)c1nn(CC(C)C)c(=O)c2ccccc12. The number of benzene rings is 1. The fourth-order valence-electron chi connectivity index (χ4n) is 2.88. The molecule has 0 spiro atoms. The number of rotatable bonds is 8. The van der Waals surface area contributed by atoms with Crippen molar-refractivity contribution in [3.63, 3.8) is 0 Å². The molecule has 7 nitrogen and oxygen atoms in total. The summed E-state index contributed by atoms with van der Waals surface area (Å²) >= 11 is 0. The van der Waals surface area contributed by atoms with Gasteiger partial charge in [0.15, 0.2) is 12.3 Å². The van der Waals surface area contributed by atoms with Gasteiger partial charge >= 0.3 is 5.97 Å². The average Bonchev–Trinajstić information content (AvgIpc) is 2.62. The Hall–Kier alpha value is -2.70. The van der Waals surface area contributed by atoms with Gasteiger partial charge in [-0.1, -0.05) is 45.4 Å². The lowest BCUT2D eigenvalue weighted by Crippen LogP contribution is -2.36. The van der Waals surface area contributed by atoms with Gasteiger partial charge in [0.25, 0.3) is 11.5 Å². The summed E-state index contributed by atoms with van der Waals surface area (Å²) in [6, 6.07) is 6.80. The molecule has 0 bridgehead atoms. The van der Waals surface area contributed by atoms with Crippen LogP contribution in [-0.4, -0.2) is 34.3 Å². The predicted octanol–water partition coefficient (Wildman–Crippen LogP) is 2.51. The van der Waals surface area contributed by atoms with Crippen LogP contribution in [0.25, 0.3) is 10.8 Å². The Kier molecular flexibility index (Phi) is 7.10. The molecular weight excluding hydrogens is 346 g/mol. The summed E-state index contributed by atoms with van der Waals surface area (Å²) in [7, 11) is 0. The minimum absolute atomic E-state index is 0.0214. The van der Waals surface area contributed by atoms with Gasteiger partial charge in [-0.3, -0.25) is 9.59 Å². The fourth-order valence-corrected chi connectivity index (χ4v) is 2.88. The summed E-state index contributed by atoms with van der Waals surface area (Å²) in [5.74, 6) is -0.892. The maximum atomic E-state index is 12.6. The Bertz CT molecular complexity index is 873. The van der Waals surface area contributed by atoms with E-state index in [-0.39, 0.29) is 35.7 Å². The van der Waals surface area contributed by atoms with Crippen molar-refractivity contribution >= 4 is 22.6 Å². The number of carbonyl (C=O) groups excluding carboxylic acids is 2. The van der Waals surface area contributed by atoms with Gasteiger partial charge in [-0.25, -0.2) is 9.48 Å². The largest absolute Gasteiger partial charge is 0.451 e. The highest BCUT2D eigenvalue weighted by Gasteiger charge is 2.19. The van der Waals surface area contributed by atoms with Crippen LogP contribution < -0.4 is 10.9 Å². The molecule has 1 aromatic heterocycles. The maximum absolute atomic E-state index is 12.6. The highest BCUT2D eigenvalue weighted by atomic mass is 16.5. The van der Waals surface area contributed by atoms with Crippen LogP contribution in [0.15, 0.2) is 29.1 Å². The molecule has 0 radical (unpaired) electrons. The van der Waals surface area contributed by atoms with Gasteiger partial charge in [0.2, 0.25) is 0 Å². The lowest BCUT2D eigenvalue weighted by molar-refractivity contribution is -0.124. The summed E-state index contributed by atoms with van der Waals surface area (Å²) in [5.41, 5.74) is -0.206. The van der Waals surface area contributed by atoms with E-state index in [0.29, 0.717) is 17.3 Å². The van der Waals surface area contributed by atoms with Crippen LogP contribution >= 0.6 is 0 Å². The van der Waals surface area contributed by atoms with Crippen LogP contribution in [0.3, 0.4) is 0 Å². The molecule has 27 heavy (non-hydrogen) atoms. The van der Waals surface area contributed by atoms with Gasteiger partial charge in [0, 0.05) is 18.0 Å². The Labute approximate surface area is 158 Å². The van der Waals surface area contributed by atoms with E-state index in [1.165, 1.54) is 4.68 Å². The number of nitrogens with zero attached hydrogens (tertiary/aromatic N) is 2. The highest BCUT2D eigenvalue weighted by molar-refractivity contribution is 6.02. The van der Waals surface area contributed by atoms with Gasteiger partial charge in [0.05, 0.1) is 5.39 Å². The third kappa shape index (κ3) is 5.39. The Morgan fingerprint density at radius 3 is 2.48 bits per heavy atom. The molecule has 0 saturated heterocycles. The summed E-state index contributed by atoms with van der Waals surface area (Å²) < 4.78 is 6.43. The molecule has 0 unspecified atom stereocenters. The molecule has 146 valence electrons. The van der Waals surface area contributed by atoms with Crippen molar-refractivity contribution < 1.29 is 14.3 Å². The monoisotopic (exact) mass is 373 g/mol. The average molecular weight is 373 g/mol. The highest BCUT2D eigenvalue weighted by Crippen LogP contribution is 2.14. The van der Waals surface area contributed by atoms with Crippen LogP contribution in [-0.2, 0) is 16.1 Å². The Morgan fingerprint density at radius 1 is 1.19 bits per heavy atom. The molecular formula is C20H27N3O4. The minimum Gasteiger partial charge on any atom is -0.451 e. The number of ether oxygens (including phenoxy) is 1. The van der Waals surface area contributed by atoms with Crippen molar-refractivity contribution in [2.24, 2.45) is 5.92 Å². The van der Waals surface area contributed by atoms with Crippen LogP contribution in [0.4, 0.5) is 0 Å². The topological polar surface area (TPSA) is 90.3 Å². The van der Waals surface area contributed by atoms with Gasteiger partial charge in [-0.15, -0.1) is 0 Å². The Balaban J connectivity index is 2.23. The van der Waals surface area contributed by atoms with Crippen molar-refractivity contribution in [1.82, 2.24) is 15.1 Å². The first-order valence-electron chi connectivity index (χ1n) is 9.29. The number of aromatic nitrogens is 2. The summed E-state index contributed by atoms with van der Waals surface area (Å²) in [4.78, 5) is 37.0.